The Labute approximate surface area is 149 Å². The highest BCUT2D eigenvalue weighted by atomic mass is 32.2. The maximum atomic E-state index is 12.3. The predicted molar refractivity (Wildman–Crippen MR) is 93.8 cm³/mol. The van der Waals surface area contributed by atoms with Gasteiger partial charge < -0.3 is 9.84 Å². The lowest BCUT2D eigenvalue weighted by molar-refractivity contribution is -0.115. The van der Waals surface area contributed by atoms with Crippen LogP contribution in [0.3, 0.4) is 0 Å². The summed E-state index contributed by atoms with van der Waals surface area (Å²) in [4.78, 5) is 12.3. The minimum Gasteiger partial charge on any atom is -0.360 e. The zero-order valence-corrected chi connectivity index (χ0v) is 15.2. The third-order valence-corrected chi connectivity index (χ3v) is 4.59. The quantitative estimate of drug-likeness (QED) is 0.700. The van der Waals surface area contributed by atoms with E-state index in [9.17, 15) is 4.79 Å². The molecule has 0 saturated heterocycles. The lowest BCUT2D eigenvalue weighted by Crippen LogP contribution is -2.23. The van der Waals surface area contributed by atoms with Crippen molar-refractivity contribution in [1.29, 1.82) is 0 Å². The largest absolute Gasteiger partial charge is 0.360 e. The van der Waals surface area contributed by atoms with Crippen LogP contribution in [0.1, 0.15) is 23.8 Å². The first-order valence-electron chi connectivity index (χ1n) is 7.71. The van der Waals surface area contributed by atoms with E-state index >= 15 is 0 Å². The van der Waals surface area contributed by atoms with Gasteiger partial charge in [-0.1, -0.05) is 34.6 Å². The van der Waals surface area contributed by atoms with Crippen molar-refractivity contribution in [2.75, 3.05) is 5.32 Å². The maximum Gasteiger partial charge on any atom is 0.238 e. The molecule has 1 atom stereocenters. The van der Waals surface area contributed by atoms with E-state index < -0.39 is 5.25 Å². The third-order valence-electron chi connectivity index (χ3n) is 3.55. The Kier molecular flexibility index (Phi) is 4.84. The number of thioether (sulfide) groups is 1. The van der Waals surface area contributed by atoms with Gasteiger partial charge in [0.05, 0.1) is 10.9 Å². The highest BCUT2D eigenvalue weighted by Gasteiger charge is 2.20. The topological polar surface area (TPSA) is 98.7 Å². The van der Waals surface area contributed by atoms with Crippen LogP contribution in [0.4, 0.5) is 5.82 Å². The summed E-state index contributed by atoms with van der Waals surface area (Å²) in [5.74, 6) is 0.826. The number of carbonyl (C=O) groups is 1. The summed E-state index contributed by atoms with van der Waals surface area (Å²) in [6.07, 6.45) is 0. The Balaban J connectivity index is 1.75. The molecule has 0 unspecified atom stereocenters. The van der Waals surface area contributed by atoms with Crippen molar-refractivity contribution in [3.05, 3.63) is 41.2 Å². The first-order valence-corrected chi connectivity index (χ1v) is 8.59. The molecule has 0 spiro atoms. The number of hydrogen-bond acceptors (Lipinski definition) is 7. The van der Waals surface area contributed by atoms with Gasteiger partial charge in [0, 0.05) is 6.07 Å². The SMILES string of the molecule is Cc1ccc(-n2nnnc2S[C@H](C)C(=O)Nc2cc(C)on2)c(C)c1. The van der Waals surface area contributed by atoms with E-state index in [-0.39, 0.29) is 5.91 Å². The average molecular weight is 358 g/mol. The molecule has 2 heterocycles. The molecule has 3 rings (SSSR count). The lowest BCUT2D eigenvalue weighted by atomic mass is 10.1. The average Bonchev–Trinajstić information content (AvgIpc) is 3.16. The summed E-state index contributed by atoms with van der Waals surface area (Å²) in [7, 11) is 0. The van der Waals surface area contributed by atoms with Crippen LogP contribution in [0, 0.1) is 20.8 Å². The summed E-state index contributed by atoms with van der Waals surface area (Å²) in [6, 6.07) is 7.69. The second-order valence-corrected chi connectivity index (χ2v) is 7.04. The van der Waals surface area contributed by atoms with Gasteiger partial charge in [0.25, 0.3) is 0 Å². The van der Waals surface area contributed by atoms with Crippen molar-refractivity contribution < 1.29 is 9.32 Å². The van der Waals surface area contributed by atoms with Gasteiger partial charge in [-0.25, -0.2) is 0 Å². The summed E-state index contributed by atoms with van der Waals surface area (Å²) in [5, 5.41) is 18.4. The van der Waals surface area contributed by atoms with E-state index in [0.717, 1.165) is 11.3 Å². The standard InChI is InChI=1S/C16H18N6O2S/c1-9-5-6-13(10(2)7-9)22-16(18-20-21-22)25-12(4)15(23)17-14-8-11(3)24-19-14/h5-8,12H,1-4H3,(H,17,19,23)/t12-/m1/s1. The number of benzene rings is 1. The number of aryl methyl sites for hydroxylation is 3. The molecule has 3 aromatic rings. The second kappa shape index (κ2) is 7.06. The highest BCUT2D eigenvalue weighted by molar-refractivity contribution is 8.00. The molecular formula is C16H18N6O2S. The lowest BCUT2D eigenvalue weighted by Gasteiger charge is -2.11. The Morgan fingerprint density at radius 2 is 2.08 bits per heavy atom. The molecule has 0 aliphatic rings. The zero-order chi connectivity index (χ0) is 18.0. The molecule has 1 aromatic carbocycles. The smallest absolute Gasteiger partial charge is 0.238 e. The molecule has 0 aliphatic heterocycles. The number of tetrazole rings is 1. The second-order valence-electron chi connectivity index (χ2n) is 5.74. The first-order chi connectivity index (χ1) is 11.9. The van der Waals surface area contributed by atoms with Crippen molar-refractivity contribution in [3.63, 3.8) is 0 Å². The molecule has 0 fully saturated rings. The predicted octanol–water partition coefficient (Wildman–Crippen LogP) is 2.69. The fourth-order valence-electron chi connectivity index (χ4n) is 2.31. The molecule has 9 heteroatoms. The fraction of sp³-hybridized carbons (Fsp3) is 0.312. The molecule has 0 radical (unpaired) electrons. The number of nitrogens with zero attached hydrogens (tertiary/aromatic N) is 5. The van der Waals surface area contributed by atoms with E-state index in [4.69, 9.17) is 4.52 Å². The van der Waals surface area contributed by atoms with E-state index in [1.54, 1.807) is 24.6 Å². The van der Waals surface area contributed by atoms with Gasteiger partial charge in [-0.05, 0) is 49.8 Å². The normalized spacial score (nSPS) is 12.2. The maximum absolute atomic E-state index is 12.3. The van der Waals surface area contributed by atoms with Crippen molar-refractivity contribution in [3.8, 4) is 5.69 Å². The Morgan fingerprint density at radius 1 is 1.28 bits per heavy atom. The molecule has 0 saturated carbocycles. The van der Waals surface area contributed by atoms with Crippen LogP contribution in [0.5, 0.6) is 0 Å². The van der Waals surface area contributed by atoms with E-state index in [1.165, 1.54) is 17.3 Å². The number of amides is 1. The number of rotatable bonds is 5. The summed E-state index contributed by atoms with van der Waals surface area (Å²) in [5.41, 5.74) is 3.11. The van der Waals surface area contributed by atoms with Crippen LogP contribution in [-0.4, -0.2) is 36.5 Å². The van der Waals surface area contributed by atoms with Crippen molar-refractivity contribution >= 4 is 23.5 Å². The van der Waals surface area contributed by atoms with Crippen LogP contribution >= 0.6 is 11.8 Å². The first kappa shape index (κ1) is 17.2. The molecule has 1 N–H and O–H groups in total. The molecular weight excluding hydrogens is 340 g/mol. The van der Waals surface area contributed by atoms with Crippen molar-refractivity contribution in [1.82, 2.24) is 25.4 Å². The fourth-order valence-corrected chi connectivity index (χ4v) is 3.11. The van der Waals surface area contributed by atoms with Crippen LogP contribution < -0.4 is 5.32 Å². The number of anilines is 1. The van der Waals surface area contributed by atoms with Crippen LogP contribution in [0.15, 0.2) is 33.9 Å². The molecule has 130 valence electrons. The van der Waals surface area contributed by atoms with E-state index in [1.807, 2.05) is 26.0 Å². The van der Waals surface area contributed by atoms with Crippen LogP contribution in [0.25, 0.3) is 5.69 Å². The molecule has 25 heavy (non-hydrogen) atoms. The third kappa shape index (κ3) is 3.87. The number of hydrogen-bond donors (Lipinski definition) is 1. The van der Waals surface area contributed by atoms with Gasteiger partial charge in [0.2, 0.25) is 11.1 Å². The number of nitrogens with one attached hydrogen (secondary N) is 1. The van der Waals surface area contributed by atoms with Crippen molar-refractivity contribution in [2.24, 2.45) is 0 Å². The van der Waals surface area contributed by atoms with Gasteiger partial charge in [-0.3, -0.25) is 4.79 Å². The minimum atomic E-state index is -0.410. The van der Waals surface area contributed by atoms with Crippen LogP contribution in [0.2, 0.25) is 0 Å². The summed E-state index contributed by atoms with van der Waals surface area (Å²) < 4.78 is 6.59. The van der Waals surface area contributed by atoms with Crippen LogP contribution in [-0.2, 0) is 4.79 Å². The van der Waals surface area contributed by atoms with Gasteiger partial charge in [-0.2, -0.15) is 4.68 Å². The highest BCUT2D eigenvalue weighted by Crippen LogP contribution is 2.25. The number of carbonyl (C=O) groups excluding carboxylic acids is 1. The molecule has 8 nitrogen and oxygen atoms in total. The van der Waals surface area contributed by atoms with Gasteiger partial charge >= 0.3 is 0 Å². The molecule has 0 bridgehead atoms. The minimum absolute atomic E-state index is 0.200. The molecule has 1 amide bonds. The van der Waals surface area contributed by atoms with Crippen molar-refractivity contribution in [2.45, 2.75) is 38.1 Å². The van der Waals surface area contributed by atoms with Gasteiger partial charge in [0.15, 0.2) is 5.82 Å². The monoisotopic (exact) mass is 358 g/mol. The Bertz CT molecular complexity index is 904. The van der Waals surface area contributed by atoms with Gasteiger partial charge in [0.1, 0.15) is 5.76 Å². The van der Waals surface area contributed by atoms with E-state index in [0.29, 0.717) is 16.7 Å². The Morgan fingerprint density at radius 3 is 2.76 bits per heavy atom. The molecule has 0 aliphatic carbocycles. The van der Waals surface area contributed by atoms with E-state index in [2.05, 4.69) is 32.1 Å². The zero-order valence-electron chi connectivity index (χ0n) is 14.3. The summed E-state index contributed by atoms with van der Waals surface area (Å²) in [6.45, 7) is 7.58. The summed E-state index contributed by atoms with van der Waals surface area (Å²) >= 11 is 1.28. The van der Waals surface area contributed by atoms with Gasteiger partial charge in [-0.15, -0.1) is 5.10 Å². The molecule has 2 aromatic heterocycles. The Hall–Kier alpha value is -2.68. The number of aromatic nitrogens is 5.